The minimum absolute atomic E-state index is 0.303. The van der Waals surface area contributed by atoms with E-state index >= 15 is 0 Å². The van der Waals surface area contributed by atoms with E-state index in [0.29, 0.717) is 23.1 Å². The summed E-state index contributed by atoms with van der Waals surface area (Å²) in [6.07, 6.45) is 2.81. The van der Waals surface area contributed by atoms with Gasteiger partial charge in [-0.15, -0.1) is 0 Å². The molecule has 0 aliphatic carbocycles. The zero-order chi connectivity index (χ0) is 17.6. The van der Waals surface area contributed by atoms with Crippen molar-refractivity contribution in [2.45, 2.75) is 19.6 Å². The Bertz CT molecular complexity index is 851. The number of hydrogen-bond acceptors (Lipinski definition) is 4. The van der Waals surface area contributed by atoms with E-state index in [0.717, 1.165) is 5.69 Å². The van der Waals surface area contributed by atoms with E-state index in [1.54, 1.807) is 54.3 Å². The second kappa shape index (κ2) is 7.81. The van der Waals surface area contributed by atoms with Gasteiger partial charge in [-0.1, -0.05) is 29.8 Å². The molecule has 7 heteroatoms. The monoisotopic (exact) mass is 356 g/mol. The van der Waals surface area contributed by atoms with E-state index in [-0.39, 0.29) is 5.91 Å². The fourth-order valence-corrected chi connectivity index (χ4v) is 2.37. The fourth-order valence-electron chi connectivity index (χ4n) is 2.19. The number of benzene rings is 1. The summed E-state index contributed by atoms with van der Waals surface area (Å²) in [5.41, 5.74) is 0.888. The van der Waals surface area contributed by atoms with Crippen LogP contribution in [-0.2, 0) is 11.3 Å². The van der Waals surface area contributed by atoms with Crippen molar-refractivity contribution in [3.05, 3.63) is 71.6 Å². The molecular weight excluding hydrogens is 340 g/mol. The van der Waals surface area contributed by atoms with Crippen molar-refractivity contribution in [2.75, 3.05) is 5.32 Å². The van der Waals surface area contributed by atoms with Crippen LogP contribution in [-0.4, -0.2) is 26.8 Å². The largest absolute Gasteiger partial charge is 0.479 e. The molecule has 1 N–H and O–H groups in total. The molecule has 2 heterocycles. The van der Waals surface area contributed by atoms with Crippen LogP contribution in [0.25, 0.3) is 0 Å². The molecule has 1 atom stereocenters. The van der Waals surface area contributed by atoms with Gasteiger partial charge in [-0.25, -0.2) is 0 Å². The first-order chi connectivity index (χ1) is 12.1. The van der Waals surface area contributed by atoms with Crippen LogP contribution >= 0.6 is 11.6 Å². The lowest BCUT2D eigenvalue weighted by molar-refractivity contribution is -0.122. The maximum atomic E-state index is 12.3. The van der Waals surface area contributed by atoms with E-state index in [1.165, 1.54) is 0 Å². The number of anilines is 1. The van der Waals surface area contributed by atoms with Gasteiger partial charge in [-0.3, -0.25) is 14.5 Å². The number of halogens is 1. The minimum atomic E-state index is -0.708. The summed E-state index contributed by atoms with van der Waals surface area (Å²) in [6, 6.07) is 14.4. The Hall–Kier alpha value is -2.86. The first kappa shape index (κ1) is 17.0. The maximum Gasteiger partial charge on any atom is 0.266 e. The van der Waals surface area contributed by atoms with Gasteiger partial charge in [0.05, 0.1) is 17.3 Å². The predicted octanol–water partition coefficient (Wildman–Crippen LogP) is 3.39. The average Bonchev–Trinajstić information content (AvgIpc) is 3.04. The summed E-state index contributed by atoms with van der Waals surface area (Å²) in [5, 5.41) is 7.50. The van der Waals surface area contributed by atoms with Gasteiger partial charge < -0.3 is 10.1 Å². The van der Waals surface area contributed by atoms with Crippen molar-refractivity contribution in [2.24, 2.45) is 0 Å². The maximum absolute atomic E-state index is 12.3. The molecule has 6 nitrogen and oxygen atoms in total. The topological polar surface area (TPSA) is 69.0 Å². The van der Waals surface area contributed by atoms with Gasteiger partial charge in [0.15, 0.2) is 11.9 Å². The van der Waals surface area contributed by atoms with E-state index in [4.69, 9.17) is 16.3 Å². The lowest BCUT2D eigenvalue weighted by Crippen LogP contribution is -2.30. The van der Waals surface area contributed by atoms with Gasteiger partial charge in [0.25, 0.3) is 5.91 Å². The molecule has 25 heavy (non-hydrogen) atoms. The van der Waals surface area contributed by atoms with Gasteiger partial charge in [-0.2, -0.15) is 5.10 Å². The molecule has 1 aromatic carbocycles. The third-order valence-corrected chi connectivity index (χ3v) is 3.76. The summed E-state index contributed by atoms with van der Waals surface area (Å²) in [4.78, 5) is 16.5. The highest BCUT2D eigenvalue weighted by atomic mass is 35.5. The number of nitrogens with one attached hydrogen (secondary N) is 1. The number of aromatic nitrogens is 3. The van der Waals surface area contributed by atoms with Gasteiger partial charge in [0.1, 0.15) is 5.75 Å². The van der Waals surface area contributed by atoms with E-state index in [2.05, 4.69) is 15.4 Å². The molecule has 2 aromatic heterocycles. The van der Waals surface area contributed by atoms with Crippen molar-refractivity contribution in [3.63, 3.8) is 0 Å². The normalized spacial score (nSPS) is 11.8. The molecule has 0 bridgehead atoms. The van der Waals surface area contributed by atoms with E-state index in [1.807, 2.05) is 18.2 Å². The number of para-hydroxylation sites is 1. The molecule has 3 aromatic rings. The third kappa shape index (κ3) is 4.58. The third-order valence-electron chi connectivity index (χ3n) is 3.45. The lowest BCUT2D eigenvalue weighted by Gasteiger charge is -2.14. The second-order valence-corrected chi connectivity index (χ2v) is 5.81. The molecule has 0 radical (unpaired) electrons. The molecule has 0 fully saturated rings. The van der Waals surface area contributed by atoms with E-state index < -0.39 is 6.10 Å². The number of rotatable bonds is 6. The van der Waals surface area contributed by atoms with Gasteiger partial charge >= 0.3 is 0 Å². The van der Waals surface area contributed by atoms with Crippen LogP contribution in [0.4, 0.5) is 5.82 Å². The van der Waals surface area contributed by atoms with Crippen LogP contribution in [0.3, 0.4) is 0 Å². The summed E-state index contributed by atoms with van der Waals surface area (Å²) < 4.78 is 7.30. The van der Waals surface area contributed by atoms with Crippen LogP contribution in [0.1, 0.15) is 12.6 Å². The predicted molar refractivity (Wildman–Crippen MR) is 95.7 cm³/mol. The molecule has 0 aliphatic heterocycles. The summed E-state index contributed by atoms with van der Waals surface area (Å²) in [5.74, 6) is 0.617. The molecule has 0 saturated carbocycles. The lowest BCUT2D eigenvalue weighted by atomic mass is 10.3. The Balaban J connectivity index is 1.58. The Morgan fingerprint density at radius 2 is 2.04 bits per heavy atom. The van der Waals surface area contributed by atoms with Crippen molar-refractivity contribution in [3.8, 4) is 5.75 Å². The first-order valence-corrected chi connectivity index (χ1v) is 8.15. The van der Waals surface area contributed by atoms with E-state index in [9.17, 15) is 4.79 Å². The molecular formula is C18H17ClN4O2. The number of carbonyl (C=O) groups excluding carboxylic acids is 1. The number of ether oxygens (including phenoxy) is 1. The summed E-state index contributed by atoms with van der Waals surface area (Å²) in [7, 11) is 0. The smallest absolute Gasteiger partial charge is 0.266 e. The number of hydrogen-bond donors (Lipinski definition) is 1. The Morgan fingerprint density at radius 1 is 1.24 bits per heavy atom. The summed E-state index contributed by atoms with van der Waals surface area (Å²) >= 11 is 6.04. The first-order valence-electron chi connectivity index (χ1n) is 7.77. The highest BCUT2D eigenvalue weighted by Crippen LogP contribution is 2.24. The highest BCUT2D eigenvalue weighted by molar-refractivity contribution is 6.32. The second-order valence-electron chi connectivity index (χ2n) is 5.40. The molecule has 0 unspecified atom stereocenters. The highest BCUT2D eigenvalue weighted by Gasteiger charge is 2.17. The number of carbonyl (C=O) groups is 1. The van der Waals surface area contributed by atoms with Crippen LogP contribution in [0.5, 0.6) is 5.75 Å². The molecule has 0 aliphatic rings. The fraction of sp³-hybridized carbons (Fsp3) is 0.167. The SMILES string of the molecule is C[C@@H](Oc1ccccc1Cl)C(=O)Nc1ccn(Cc2ccccn2)n1. The molecule has 0 spiro atoms. The molecule has 128 valence electrons. The van der Waals surface area contributed by atoms with Gasteiger partial charge in [0, 0.05) is 18.5 Å². The Kier molecular flexibility index (Phi) is 5.30. The van der Waals surface area contributed by atoms with Crippen molar-refractivity contribution in [1.82, 2.24) is 14.8 Å². The quantitative estimate of drug-likeness (QED) is 0.735. The molecule has 1 amide bonds. The summed E-state index contributed by atoms with van der Waals surface area (Å²) in [6.45, 7) is 2.19. The Labute approximate surface area is 150 Å². The van der Waals surface area contributed by atoms with Crippen LogP contribution in [0, 0.1) is 0 Å². The van der Waals surface area contributed by atoms with Crippen molar-refractivity contribution in [1.29, 1.82) is 0 Å². The number of amides is 1. The van der Waals surface area contributed by atoms with Gasteiger partial charge in [0.2, 0.25) is 0 Å². The molecule has 0 saturated heterocycles. The zero-order valence-corrected chi connectivity index (χ0v) is 14.3. The minimum Gasteiger partial charge on any atom is -0.479 e. The standard InChI is InChI=1S/C18H17ClN4O2/c1-13(25-16-8-3-2-7-15(16)19)18(24)21-17-9-11-23(22-17)12-14-6-4-5-10-20-14/h2-11,13H,12H2,1H3,(H,21,22,24)/t13-/m1/s1. The number of pyridine rings is 1. The molecule has 3 rings (SSSR count). The van der Waals surface area contributed by atoms with Crippen molar-refractivity contribution >= 4 is 23.3 Å². The van der Waals surface area contributed by atoms with Crippen LogP contribution < -0.4 is 10.1 Å². The van der Waals surface area contributed by atoms with Crippen molar-refractivity contribution < 1.29 is 9.53 Å². The zero-order valence-electron chi connectivity index (χ0n) is 13.6. The average molecular weight is 357 g/mol. The Morgan fingerprint density at radius 3 is 2.80 bits per heavy atom. The number of nitrogens with zero attached hydrogens (tertiary/aromatic N) is 3. The van der Waals surface area contributed by atoms with Gasteiger partial charge in [-0.05, 0) is 31.2 Å². The van der Waals surface area contributed by atoms with Crippen LogP contribution in [0.2, 0.25) is 5.02 Å². The van der Waals surface area contributed by atoms with Crippen LogP contribution in [0.15, 0.2) is 60.9 Å².